The van der Waals surface area contributed by atoms with Gasteiger partial charge in [0.25, 0.3) is 5.56 Å². The fourth-order valence-corrected chi connectivity index (χ4v) is 4.19. The van der Waals surface area contributed by atoms with Gasteiger partial charge in [-0.3, -0.25) is 8.75 Å². The van der Waals surface area contributed by atoms with Gasteiger partial charge in [-0.15, -0.1) is 0 Å². The molecular formula is C15H21N3O2S. The van der Waals surface area contributed by atoms with Crippen molar-refractivity contribution in [2.24, 2.45) is 0 Å². The van der Waals surface area contributed by atoms with Gasteiger partial charge in [-0.2, -0.15) is 0 Å². The summed E-state index contributed by atoms with van der Waals surface area (Å²) in [7, 11) is 0. The van der Waals surface area contributed by atoms with Crippen molar-refractivity contribution >= 4 is 21.7 Å². The van der Waals surface area contributed by atoms with Crippen LogP contribution in [0.1, 0.15) is 24.1 Å². The molecule has 3 heterocycles. The molecule has 0 bridgehead atoms. The second kappa shape index (κ2) is 5.87. The number of likely N-dealkylation sites (tertiary alicyclic amines) is 1. The highest BCUT2D eigenvalue weighted by atomic mass is 32.1. The van der Waals surface area contributed by atoms with Gasteiger partial charge in [0.05, 0.1) is 18.0 Å². The highest BCUT2D eigenvalue weighted by molar-refractivity contribution is 7.13. The molecule has 0 spiro atoms. The molecule has 0 aromatic carbocycles. The van der Waals surface area contributed by atoms with Crippen LogP contribution in [0.5, 0.6) is 0 Å². The van der Waals surface area contributed by atoms with Crippen LogP contribution >= 0.6 is 11.5 Å². The van der Waals surface area contributed by atoms with E-state index in [2.05, 4.69) is 9.88 Å². The monoisotopic (exact) mass is 307 g/mol. The number of aryl methyl sites for hydroxylation is 2. The van der Waals surface area contributed by atoms with Crippen LogP contribution in [-0.2, 0) is 6.54 Å². The molecule has 1 aliphatic heterocycles. The number of β-amino-alcohol motifs (C(OH)–C–C–N with tert-alkyl or cyclic N) is 1. The molecule has 0 radical (unpaired) electrons. The van der Waals surface area contributed by atoms with Crippen molar-refractivity contribution in [3.8, 4) is 0 Å². The van der Waals surface area contributed by atoms with Gasteiger partial charge in [0.2, 0.25) is 0 Å². The van der Waals surface area contributed by atoms with Crippen molar-refractivity contribution in [1.82, 2.24) is 13.8 Å². The van der Waals surface area contributed by atoms with E-state index in [4.69, 9.17) is 0 Å². The maximum Gasteiger partial charge on any atom is 0.270 e. The number of aliphatic hydroxyl groups excluding tert-OH is 1. The lowest BCUT2D eigenvalue weighted by molar-refractivity contribution is 0.111. The van der Waals surface area contributed by atoms with Gasteiger partial charge < -0.3 is 10.0 Å². The molecule has 114 valence electrons. The third kappa shape index (κ3) is 3.02. The van der Waals surface area contributed by atoms with E-state index in [9.17, 15) is 9.90 Å². The summed E-state index contributed by atoms with van der Waals surface area (Å²) in [5.41, 5.74) is 1.86. The standard InChI is InChI=1S/C15H21N3O2S/c1-10-7-11(2)16-14-13(10)15(20)18(21-14)9-12(19)8-17-5-3-4-6-17/h7,12,19H,3-6,8-9H2,1-2H3. The minimum Gasteiger partial charge on any atom is -0.390 e. The first-order valence-corrected chi connectivity index (χ1v) is 8.20. The Morgan fingerprint density at radius 2 is 2.05 bits per heavy atom. The molecule has 1 unspecified atom stereocenters. The van der Waals surface area contributed by atoms with Gasteiger partial charge in [0, 0.05) is 12.2 Å². The summed E-state index contributed by atoms with van der Waals surface area (Å²) in [5.74, 6) is 0. The molecule has 1 fully saturated rings. The summed E-state index contributed by atoms with van der Waals surface area (Å²) in [6.45, 7) is 6.98. The van der Waals surface area contributed by atoms with Gasteiger partial charge in [0.1, 0.15) is 4.83 Å². The van der Waals surface area contributed by atoms with Crippen molar-refractivity contribution < 1.29 is 5.11 Å². The van der Waals surface area contributed by atoms with Crippen LogP contribution in [0.15, 0.2) is 10.9 Å². The molecule has 1 aliphatic rings. The van der Waals surface area contributed by atoms with Crippen molar-refractivity contribution in [2.45, 2.75) is 39.3 Å². The van der Waals surface area contributed by atoms with Gasteiger partial charge in [0.15, 0.2) is 0 Å². The van der Waals surface area contributed by atoms with E-state index in [-0.39, 0.29) is 5.56 Å². The molecule has 1 atom stereocenters. The molecule has 2 aromatic rings. The lowest BCUT2D eigenvalue weighted by Crippen LogP contribution is -2.34. The SMILES string of the molecule is Cc1cc(C)c2c(=O)n(CC(O)CN3CCCC3)sc2n1. The first-order valence-electron chi connectivity index (χ1n) is 7.43. The lowest BCUT2D eigenvalue weighted by Gasteiger charge is -2.18. The Balaban J connectivity index is 1.82. The van der Waals surface area contributed by atoms with Crippen molar-refractivity contribution in [2.75, 3.05) is 19.6 Å². The highest BCUT2D eigenvalue weighted by Gasteiger charge is 2.18. The first kappa shape index (κ1) is 14.7. The predicted octanol–water partition coefficient (Wildman–Crippen LogP) is 1.53. The zero-order chi connectivity index (χ0) is 15.0. The summed E-state index contributed by atoms with van der Waals surface area (Å²) in [5, 5.41) is 10.9. The first-order chi connectivity index (χ1) is 10.0. The lowest BCUT2D eigenvalue weighted by atomic mass is 10.2. The van der Waals surface area contributed by atoms with Crippen molar-refractivity contribution in [1.29, 1.82) is 0 Å². The van der Waals surface area contributed by atoms with Crippen LogP contribution in [0.25, 0.3) is 10.2 Å². The molecule has 0 saturated carbocycles. The number of hydrogen-bond donors (Lipinski definition) is 1. The zero-order valence-electron chi connectivity index (χ0n) is 12.5. The van der Waals surface area contributed by atoms with Crippen LogP contribution in [0.3, 0.4) is 0 Å². The Morgan fingerprint density at radius 1 is 1.33 bits per heavy atom. The molecule has 6 heteroatoms. The maximum absolute atomic E-state index is 12.4. The second-order valence-electron chi connectivity index (χ2n) is 5.88. The average Bonchev–Trinajstić information content (AvgIpc) is 2.98. The molecule has 21 heavy (non-hydrogen) atoms. The average molecular weight is 307 g/mol. The second-order valence-corrected chi connectivity index (χ2v) is 6.89. The Hall–Kier alpha value is -1.24. The van der Waals surface area contributed by atoms with E-state index in [1.54, 1.807) is 3.96 Å². The Morgan fingerprint density at radius 3 is 2.76 bits per heavy atom. The minimum absolute atomic E-state index is 0.0273. The van der Waals surface area contributed by atoms with Gasteiger partial charge in [-0.05, 0) is 62.9 Å². The minimum atomic E-state index is -0.504. The Bertz CT molecular complexity index is 701. The van der Waals surface area contributed by atoms with Crippen molar-refractivity contribution in [3.05, 3.63) is 27.7 Å². The molecule has 1 N–H and O–H groups in total. The van der Waals surface area contributed by atoms with E-state index in [0.717, 1.165) is 29.2 Å². The zero-order valence-corrected chi connectivity index (χ0v) is 13.3. The molecule has 2 aromatic heterocycles. The van der Waals surface area contributed by atoms with E-state index >= 15 is 0 Å². The number of rotatable bonds is 4. The largest absolute Gasteiger partial charge is 0.390 e. The predicted molar refractivity (Wildman–Crippen MR) is 85.0 cm³/mol. The van der Waals surface area contributed by atoms with E-state index in [1.165, 1.54) is 24.4 Å². The number of fused-ring (bicyclic) bond motifs is 1. The van der Waals surface area contributed by atoms with Crippen LogP contribution in [0, 0.1) is 13.8 Å². The summed E-state index contributed by atoms with van der Waals surface area (Å²) < 4.78 is 1.64. The van der Waals surface area contributed by atoms with E-state index in [0.29, 0.717) is 18.5 Å². The molecule has 1 saturated heterocycles. The third-order valence-corrected chi connectivity index (χ3v) is 5.00. The topological polar surface area (TPSA) is 58.4 Å². The molecule has 0 amide bonds. The summed E-state index contributed by atoms with van der Waals surface area (Å²) in [6, 6.07) is 1.93. The van der Waals surface area contributed by atoms with Gasteiger partial charge >= 0.3 is 0 Å². The fraction of sp³-hybridized carbons (Fsp3) is 0.600. The van der Waals surface area contributed by atoms with Crippen LogP contribution < -0.4 is 5.56 Å². The van der Waals surface area contributed by atoms with E-state index < -0.39 is 6.10 Å². The normalized spacial score (nSPS) is 17.7. The smallest absolute Gasteiger partial charge is 0.270 e. The fourth-order valence-electron chi connectivity index (χ4n) is 3.03. The number of aliphatic hydroxyl groups is 1. The number of aromatic nitrogens is 2. The van der Waals surface area contributed by atoms with Crippen LogP contribution in [0.4, 0.5) is 0 Å². The number of pyridine rings is 1. The van der Waals surface area contributed by atoms with Crippen LogP contribution in [-0.4, -0.2) is 44.7 Å². The maximum atomic E-state index is 12.4. The number of nitrogens with zero attached hydrogens (tertiary/aromatic N) is 3. The summed E-state index contributed by atoms with van der Waals surface area (Å²) >= 11 is 1.35. The van der Waals surface area contributed by atoms with Crippen LogP contribution in [0.2, 0.25) is 0 Å². The summed E-state index contributed by atoms with van der Waals surface area (Å²) in [6.07, 6.45) is 1.91. The molecule has 0 aliphatic carbocycles. The highest BCUT2D eigenvalue weighted by Crippen LogP contribution is 2.19. The molecule has 3 rings (SSSR count). The van der Waals surface area contributed by atoms with Crippen molar-refractivity contribution in [3.63, 3.8) is 0 Å². The van der Waals surface area contributed by atoms with E-state index in [1.807, 2.05) is 19.9 Å². The quantitative estimate of drug-likeness (QED) is 0.931. The van der Waals surface area contributed by atoms with Gasteiger partial charge in [-0.1, -0.05) is 0 Å². The summed E-state index contributed by atoms with van der Waals surface area (Å²) in [4.78, 5) is 19.9. The molecule has 5 nitrogen and oxygen atoms in total. The Labute approximate surface area is 128 Å². The van der Waals surface area contributed by atoms with Gasteiger partial charge in [-0.25, -0.2) is 4.98 Å². The Kier molecular flexibility index (Phi) is 4.10. The third-order valence-electron chi connectivity index (χ3n) is 3.99. The number of hydrogen-bond acceptors (Lipinski definition) is 5. The molecular weight excluding hydrogens is 286 g/mol.